The molecular formula is C11H11ClF2O2S. The fourth-order valence-electron chi connectivity index (χ4n) is 1.38. The Morgan fingerprint density at radius 1 is 1.53 bits per heavy atom. The van der Waals surface area contributed by atoms with Crippen LogP contribution in [-0.2, 0) is 10.1 Å². The van der Waals surface area contributed by atoms with E-state index in [1.165, 1.54) is 13.0 Å². The van der Waals surface area contributed by atoms with E-state index in [0.717, 1.165) is 6.07 Å². The lowest BCUT2D eigenvalue weighted by Gasteiger charge is -2.15. The van der Waals surface area contributed by atoms with Gasteiger partial charge < -0.3 is 9.84 Å². The van der Waals surface area contributed by atoms with Crippen LogP contribution in [0.25, 0.3) is 0 Å². The third-order valence-electron chi connectivity index (χ3n) is 2.23. The Morgan fingerprint density at radius 3 is 2.59 bits per heavy atom. The summed E-state index contributed by atoms with van der Waals surface area (Å²) in [6.45, 7) is 3.42. The van der Waals surface area contributed by atoms with Gasteiger partial charge in [0, 0.05) is 11.1 Å². The Bertz CT molecular complexity index is 444. The number of hydrogen-bond acceptors (Lipinski definition) is 3. The summed E-state index contributed by atoms with van der Waals surface area (Å²) in [4.78, 5) is 0. The zero-order valence-corrected chi connectivity index (χ0v) is 10.8. The smallest absolute Gasteiger partial charge is 0.348 e. The molecule has 1 rings (SSSR count). The van der Waals surface area contributed by atoms with E-state index in [4.69, 9.17) is 28.6 Å². The maximum Gasteiger partial charge on any atom is 0.348 e. The molecule has 0 atom stereocenters. The Balaban J connectivity index is 3.25. The second-order valence-corrected chi connectivity index (χ2v) is 4.20. The number of alkyl halides is 3. The Labute approximate surface area is 108 Å². The van der Waals surface area contributed by atoms with Crippen LogP contribution in [0.1, 0.15) is 23.6 Å². The largest absolute Gasteiger partial charge is 0.507 e. The van der Waals surface area contributed by atoms with Gasteiger partial charge in [0.25, 0.3) is 0 Å². The monoisotopic (exact) mass is 280 g/mol. The van der Waals surface area contributed by atoms with Crippen LogP contribution in [0.3, 0.4) is 0 Å². The van der Waals surface area contributed by atoms with Gasteiger partial charge in [-0.1, -0.05) is 6.07 Å². The molecular weight excluding hydrogens is 270 g/mol. The number of benzene rings is 1. The fourth-order valence-corrected chi connectivity index (χ4v) is 1.87. The van der Waals surface area contributed by atoms with Crippen LogP contribution < -0.4 is 0 Å². The first kappa shape index (κ1) is 14.1. The molecule has 94 valence electrons. The molecule has 0 unspecified atom stereocenters. The van der Waals surface area contributed by atoms with E-state index >= 15 is 0 Å². The third-order valence-corrected chi connectivity index (χ3v) is 2.77. The molecule has 1 aromatic carbocycles. The summed E-state index contributed by atoms with van der Waals surface area (Å²) in [6.07, 6.45) is 0. The Hall–Kier alpha value is -0.940. The van der Waals surface area contributed by atoms with Crippen LogP contribution >= 0.6 is 23.8 Å². The number of phenols is 1. The SMILES string of the molecule is CCOC(=S)c1ccc(C(F)(F)Cl)c(C)c1O. The quantitative estimate of drug-likeness (QED) is 0.676. The van der Waals surface area contributed by atoms with E-state index < -0.39 is 10.9 Å². The molecule has 0 saturated carbocycles. The third kappa shape index (κ3) is 3.04. The van der Waals surface area contributed by atoms with Crippen LogP contribution in [0.2, 0.25) is 0 Å². The molecule has 0 aromatic heterocycles. The normalized spacial score (nSPS) is 11.4. The lowest BCUT2D eigenvalue weighted by atomic mass is 10.0. The fraction of sp³-hybridized carbons (Fsp3) is 0.364. The van der Waals surface area contributed by atoms with Crippen molar-refractivity contribution in [2.75, 3.05) is 6.61 Å². The van der Waals surface area contributed by atoms with Gasteiger partial charge in [-0.05, 0) is 43.7 Å². The summed E-state index contributed by atoms with van der Waals surface area (Å²) >= 11 is 9.82. The molecule has 6 heteroatoms. The first-order chi connectivity index (χ1) is 7.79. The van der Waals surface area contributed by atoms with E-state index in [1.54, 1.807) is 6.92 Å². The highest BCUT2D eigenvalue weighted by Crippen LogP contribution is 2.38. The van der Waals surface area contributed by atoms with E-state index in [-0.39, 0.29) is 21.9 Å². The summed E-state index contributed by atoms with van der Waals surface area (Å²) < 4.78 is 31.0. The molecule has 0 aliphatic carbocycles. The number of phenolic OH excluding ortho intramolecular Hbond substituents is 1. The van der Waals surface area contributed by atoms with Crippen molar-refractivity contribution in [1.82, 2.24) is 0 Å². The standard InChI is InChI=1S/C11H11ClF2O2S/c1-3-16-10(17)7-4-5-8(11(12,13)14)6(2)9(7)15/h4-5,15H,3H2,1-2H3. The molecule has 0 bridgehead atoms. The molecule has 2 nitrogen and oxygen atoms in total. The molecule has 0 heterocycles. The minimum atomic E-state index is -3.52. The van der Waals surface area contributed by atoms with Gasteiger partial charge in [0.15, 0.2) is 5.05 Å². The molecule has 0 radical (unpaired) electrons. The Morgan fingerprint density at radius 2 is 2.12 bits per heavy atom. The minimum Gasteiger partial charge on any atom is -0.507 e. The zero-order chi connectivity index (χ0) is 13.2. The van der Waals surface area contributed by atoms with Gasteiger partial charge in [0.2, 0.25) is 0 Å². The Kier molecular flexibility index (Phi) is 4.27. The molecule has 0 amide bonds. The molecule has 0 saturated heterocycles. The van der Waals surface area contributed by atoms with Crippen molar-refractivity contribution >= 4 is 28.9 Å². The van der Waals surface area contributed by atoms with Crippen molar-refractivity contribution in [3.63, 3.8) is 0 Å². The molecule has 0 aliphatic rings. The van der Waals surface area contributed by atoms with Gasteiger partial charge in [-0.25, -0.2) is 0 Å². The van der Waals surface area contributed by atoms with Crippen LogP contribution in [0.4, 0.5) is 8.78 Å². The summed E-state index contributed by atoms with van der Waals surface area (Å²) in [5, 5.41) is 6.33. The molecule has 17 heavy (non-hydrogen) atoms. The summed E-state index contributed by atoms with van der Waals surface area (Å²) in [7, 11) is 0. The predicted molar refractivity (Wildman–Crippen MR) is 65.9 cm³/mol. The number of rotatable bonds is 3. The summed E-state index contributed by atoms with van der Waals surface area (Å²) in [5.41, 5.74) is -0.242. The van der Waals surface area contributed by atoms with E-state index in [9.17, 15) is 13.9 Å². The topological polar surface area (TPSA) is 29.5 Å². The minimum absolute atomic E-state index is 0.00967. The average molecular weight is 281 g/mol. The molecule has 1 aromatic rings. The van der Waals surface area contributed by atoms with Gasteiger partial charge >= 0.3 is 5.38 Å². The lowest BCUT2D eigenvalue weighted by molar-refractivity contribution is 0.0940. The first-order valence-electron chi connectivity index (χ1n) is 4.86. The first-order valence-corrected chi connectivity index (χ1v) is 5.64. The second kappa shape index (κ2) is 5.14. The van der Waals surface area contributed by atoms with E-state index in [2.05, 4.69) is 0 Å². The maximum absolute atomic E-state index is 13.0. The van der Waals surface area contributed by atoms with Crippen molar-refractivity contribution in [3.05, 3.63) is 28.8 Å². The number of ether oxygens (including phenoxy) is 1. The van der Waals surface area contributed by atoms with Crippen molar-refractivity contribution in [3.8, 4) is 5.75 Å². The molecule has 0 spiro atoms. The molecule has 1 N–H and O–H groups in total. The van der Waals surface area contributed by atoms with E-state index in [0.29, 0.717) is 6.61 Å². The average Bonchev–Trinajstić information content (AvgIpc) is 2.20. The van der Waals surface area contributed by atoms with Crippen molar-refractivity contribution in [2.24, 2.45) is 0 Å². The highest BCUT2D eigenvalue weighted by atomic mass is 35.5. The number of thiocarbonyl (C=S) groups is 1. The van der Waals surface area contributed by atoms with Gasteiger partial charge in [0.1, 0.15) is 5.75 Å². The predicted octanol–water partition coefficient (Wildman–Crippen LogP) is 3.70. The number of halogens is 3. The lowest BCUT2D eigenvalue weighted by Crippen LogP contribution is -2.09. The van der Waals surface area contributed by atoms with Crippen molar-refractivity contribution in [2.45, 2.75) is 19.2 Å². The van der Waals surface area contributed by atoms with Gasteiger partial charge in [-0.15, -0.1) is 0 Å². The number of aromatic hydroxyl groups is 1. The number of hydrogen-bond donors (Lipinski definition) is 1. The van der Waals surface area contributed by atoms with Gasteiger partial charge in [0.05, 0.1) is 12.2 Å². The van der Waals surface area contributed by atoms with Crippen LogP contribution in [-0.4, -0.2) is 16.8 Å². The van der Waals surface area contributed by atoms with Crippen molar-refractivity contribution in [1.29, 1.82) is 0 Å². The van der Waals surface area contributed by atoms with Crippen LogP contribution in [0, 0.1) is 6.92 Å². The van der Waals surface area contributed by atoms with Crippen molar-refractivity contribution < 1.29 is 18.6 Å². The second-order valence-electron chi connectivity index (χ2n) is 3.35. The van der Waals surface area contributed by atoms with Gasteiger partial charge in [-0.3, -0.25) is 0 Å². The highest BCUT2D eigenvalue weighted by Gasteiger charge is 2.31. The summed E-state index contributed by atoms with van der Waals surface area (Å²) in [5.74, 6) is -0.332. The maximum atomic E-state index is 13.0. The van der Waals surface area contributed by atoms with E-state index in [1.807, 2.05) is 0 Å². The highest BCUT2D eigenvalue weighted by molar-refractivity contribution is 7.80. The van der Waals surface area contributed by atoms with Gasteiger partial charge in [-0.2, -0.15) is 8.78 Å². The molecule has 0 fully saturated rings. The summed E-state index contributed by atoms with van der Waals surface area (Å²) in [6, 6.07) is 2.40. The molecule has 0 aliphatic heterocycles. The van der Waals surface area contributed by atoms with Crippen LogP contribution in [0.15, 0.2) is 12.1 Å². The van der Waals surface area contributed by atoms with Crippen LogP contribution in [0.5, 0.6) is 5.75 Å². The zero-order valence-electron chi connectivity index (χ0n) is 9.26.